The number of rotatable bonds is 6. The van der Waals surface area contributed by atoms with Crippen LogP contribution in [0.1, 0.15) is 30.9 Å². The molecule has 4 nitrogen and oxygen atoms in total. The van der Waals surface area contributed by atoms with Crippen molar-refractivity contribution >= 4 is 29.1 Å². The van der Waals surface area contributed by atoms with Gasteiger partial charge in [-0.1, -0.05) is 48.9 Å². The lowest BCUT2D eigenvalue weighted by atomic mass is 9.95. The van der Waals surface area contributed by atoms with Crippen LogP contribution in [0.15, 0.2) is 48.5 Å². The van der Waals surface area contributed by atoms with Gasteiger partial charge in [0, 0.05) is 10.7 Å². The number of hydrogen-bond acceptors (Lipinski definition) is 2. The van der Waals surface area contributed by atoms with Crippen molar-refractivity contribution in [1.29, 1.82) is 0 Å². The van der Waals surface area contributed by atoms with Crippen LogP contribution in [0, 0.1) is 0 Å². The first-order valence-electron chi connectivity index (χ1n) is 8.47. The van der Waals surface area contributed by atoms with Gasteiger partial charge in [0.1, 0.15) is 0 Å². The fourth-order valence-electron chi connectivity index (χ4n) is 3.02. The molecule has 1 saturated carbocycles. The zero-order valence-corrected chi connectivity index (χ0v) is 14.9. The smallest absolute Gasteiger partial charge is 0.243 e. The molecule has 25 heavy (non-hydrogen) atoms. The molecule has 2 N–H and O–H groups in total. The van der Waals surface area contributed by atoms with E-state index in [0.717, 1.165) is 36.1 Å². The maximum Gasteiger partial charge on any atom is 0.243 e. The second-order valence-corrected chi connectivity index (χ2v) is 6.77. The van der Waals surface area contributed by atoms with Crippen LogP contribution < -0.4 is 10.6 Å². The van der Waals surface area contributed by atoms with Gasteiger partial charge < -0.3 is 10.6 Å². The molecule has 0 aliphatic heterocycles. The van der Waals surface area contributed by atoms with Gasteiger partial charge in [-0.3, -0.25) is 9.59 Å². The van der Waals surface area contributed by atoms with Gasteiger partial charge in [0.05, 0.1) is 12.0 Å². The first-order valence-corrected chi connectivity index (χ1v) is 8.85. The highest BCUT2D eigenvalue weighted by Crippen LogP contribution is 2.48. The first kappa shape index (κ1) is 17.5. The fraction of sp³-hybridized carbons (Fsp3) is 0.300. The van der Waals surface area contributed by atoms with Crippen LogP contribution >= 0.6 is 11.6 Å². The summed E-state index contributed by atoms with van der Waals surface area (Å²) >= 11 is 5.91. The molecule has 1 aliphatic rings. The second-order valence-electron chi connectivity index (χ2n) is 6.33. The average molecular weight is 357 g/mol. The summed E-state index contributed by atoms with van der Waals surface area (Å²) in [5, 5.41) is 6.28. The summed E-state index contributed by atoms with van der Waals surface area (Å²) in [4.78, 5) is 24.7. The Morgan fingerprint density at radius 3 is 2.40 bits per heavy atom. The molecule has 0 aromatic heterocycles. The van der Waals surface area contributed by atoms with E-state index < -0.39 is 5.41 Å². The number of nitrogens with one attached hydrogen (secondary N) is 2. The van der Waals surface area contributed by atoms with Gasteiger partial charge in [-0.25, -0.2) is 0 Å². The maximum atomic E-state index is 12.6. The molecular weight excluding hydrogens is 336 g/mol. The van der Waals surface area contributed by atoms with Crippen molar-refractivity contribution in [2.24, 2.45) is 0 Å². The van der Waals surface area contributed by atoms with E-state index in [4.69, 9.17) is 11.6 Å². The lowest BCUT2D eigenvalue weighted by Gasteiger charge is -2.16. The molecule has 0 heterocycles. The molecule has 0 bridgehead atoms. The summed E-state index contributed by atoms with van der Waals surface area (Å²) in [6, 6.07) is 15.0. The number of carbonyl (C=O) groups excluding carboxylic acids is 2. The van der Waals surface area contributed by atoms with Crippen LogP contribution in [0.5, 0.6) is 0 Å². The van der Waals surface area contributed by atoms with Crippen molar-refractivity contribution in [3.8, 4) is 0 Å². The molecule has 0 saturated heterocycles. The van der Waals surface area contributed by atoms with E-state index in [1.165, 1.54) is 0 Å². The third kappa shape index (κ3) is 3.85. The molecule has 5 heteroatoms. The quantitative estimate of drug-likeness (QED) is 0.829. The molecule has 2 aromatic rings. The monoisotopic (exact) mass is 356 g/mol. The summed E-state index contributed by atoms with van der Waals surface area (Å²) in [6.45, 7) is 2.00. The number of amides is 2. The van der Waals surface area contributed by atoms with E-state index in [0.29, 0.717) is 5.02 Å². The van der Waals surface area contributed by atoms with Gasteiger partial charge in [-0.2, -0.15) is 0 Å². The molecule has 0 unspecified atom stereocenters. The van der Waals surface area contributed by atoms with E-state index in [2.05, 4.69) is 10.6 Å². The largest absolute Gasteiger partial charge is 0.346 e. The number of hydrogen-bond donors (Lipinski definition) is 2. The number of anilines is 1. The Balaban J connectivity index is 1.59. The molecule has 0 atom stereocenters. The minimum Gasteiger partial charge on any atom is -0.346 e. The van der Waals surface area contributed by atoms with Crippen molar-refractivity contribution in [3.05, 3.63) is 64.7 Å². The zero-order valence-electron chi connectivity index (χ0n) is 14.1. The predicted octanol–water partition coefficient (Wildman–Crippen LogP) is 3.69. The summed E-state index contributed by atoms with van der Waals surface area (Å²) in [5.74, 6) is -0.324. The van der Waals surface area contributed by atoms with Crippen LogP contribution in [0.25, 0.3) is 0 Å². The second kappa shape index (κ2) is 7.28. The maximum absolute atomic E-state index is 12.6. The standard InChI is InChI=1S/C20H21ClN2O2/c1-2-14-5-3-4-6-17(14)23-18(24)13-22-19(25)20(11-12-20)15-7-9-16(21)10-8-15/h3-10H,2,11-13H2,1H3,(H,22,25)(H,23,24). The van der Waals surface area contributed by atoms with Crippen molar-refractivity contribution in [3.63, 3.8) is 0 Å². The Bertz CT molecular complexity index is 783. The highest BCUT2D eigenvalue weighted by Gasteiger charge is 2.51. The van der Waals surface area contributed by atoms with Crippen molar-refractivity contribution in [2.75, 3.05) is 11.9 Å². The topological polar surface area (TPSA) is 58.2 Å². The Hall–Kier alpha value is -2.33. The Morgan fingerprint density at radius 1 is 1.08 bits per heavy atom. The molecule has 0 spiro atoms. The van der Waals surface area contributed by atoms with E-state index in [1.807, 2.05) is 43.3 Å². The van der Waals surface area contributed by atoms with Crippen LogP contribution in [0.2, 0.25) is 5.02 Å². The molecule has 3 rings (SSSR count). The Kier molecular flexibility index (Phi) is 5.09. The lowest BCUT2D eigenvalue weighted by molar-refractivity contribution is -0.126. The van der Waals surface area contributed by atoms with Crippen molar-refractivity contribution in [2.45, 2.75) is 31.6 Å². The molecule has 0 radical (unpaired) electrons. The van der Waals surface area contributed by atoms with E-state index in [-0.39, 0.29) is 18.4 Å². The van der Waals surface area contributed by atoms with Gasteiger partial charge in [-0.15, -0.1) is 0 Å². The van der Waals surface area contributed by atoms with Gasteiger partial charge >= 0.3 is 0 Å². The lowest BCUT2D eigenvalue weighted by Crippen LogP contribution is -2.39. The number of benzene rings is 2. The Morgan fingerprint density at radius 2 is 1.76 bits per heavy atom. The number of para-hydroxylation sites is 1. The average Bonchev–Trinajstić information content (AvgIpc) is 3.42. The highest BCUT2D eigenvalue weighted by atomic mass is 35.5. The molecule has 130 valence electrons. The fourth-order valence-corrected chi connectivity index (χ4v) is 3.14. The SMILES string of the molecule is CCc1ccccc1NC(=O)CNC(=O)C1(c2ccc(Cl)cc2)CC1. The number of carbonyl (C=O) groups is 2. The highest BCUT2D eigenvalue weighted by molar-refractivity contribution is 6.30. The molecule has 1 aliphatic carbocycles. The molecule has 2 amide bonds. The van der Waals surface area contributed by atoms with Gasteiger partial charge in [0.25, 0.3) is 0 Å². The van der Waals surface area contributed by atoms with E-state index in [1.54, 1.807) is 12.1 Å². The van der Waals surface area contributed by atoms with Crippen molar-refractivity contribution in [1.82, 2.24) is 5.32 Å². The van der Waals surface area contributed by atoms with Crippen LogP contribution in [-0.2, 0) is 21.4 Å². The number of aryl methyl sites for hydroxylation is 1. The zero-order chi connectivity index (χ0) is 17.9. The summed E-state index contributed by atoms with van der Waals surface area (Å²) in [7, 11) is 0. The molecule has 2 aromatic carbocycles. The minimum absolute atomic E-state index is 0.0355. The third-order valence-corrected chi connectivity index (χ3v) is 4.92. The first-order chi connectivity index (χ1) is 12.0. The van der Waals surface area contributed by atoms with Crippen LogP contribution in [0.4, 0.5) is 5.69 Å². The normalized spacial score (nSPS) is 14.6. The predicted molar refractivity (Wildman–Crippen MR) is 99.8 cm³/mol. The van der Waals surface area contributed by atoms with Crippen LogP contribution in [-0.4, -0.2) is 18.4 Å². The summed E-state index contributed by atoms with van der Waals surface area (Å²) in [6.07, 6.45) is 2.42. The van der Waals surface area contributed by atoms with E-state index >= 15 is 0 Å². The molecule has 1 fully saturated rings. The van der Waals surface area contributed by atoms with E-state index in [9.17, 15) is 9.59 Å². The van der Waals surface area contributed by atoms with Crippen LogP contribution in [0.3, 0.4) is 0 Å². The molecular formula is C20H21ClN2O2. The van der Waals surface area contributed by atoms with Gasteiger partial charge in [-0.05, 0) is 48.6 Å². The number of halogens is 1. The summed E-state index contributed by atoms with van der Waals surface area (Å²) < 4.78 is 0. The van der Waals surface area contributed by atoms with Gasteiger partial charge in [0.15, 0.2) is 0 Å². The van der Waals surface area contributed by atoms with Gasteiger partial charge in [0.2, 0.25) is 11.8 Å². The third-order valence-electron chi connectivity index (χ3n) is 4.66. The summed E-state index contributed by atoms with van der Waals surface area (Å²) in [5.41, 5.74) is 2.31. The Labute approximate surface area is 152 Å². The van der Waals surface area contributed by atoms with Crippen molar-refractivity contribution < 1.29 is 9.59 Å². The minimum atomic E-state index is -0.508.